The minimum absolute atomic E-state index is 0.577. The number of hydrogen-bond donors (Lipinski definition) is 0. The molecule has 0 saturated heterocycles. The maximum Gasteiger partial charge on any atom is 0.0474 e. The zero-order chi connectivity index (χ0) is 17.5. The van der Waals surface area contributed by atoms with Crippen LogP contribution in [0, 0.1) is 0 Å². The average molecular weight is 343 g/mol. The van der Waals surface area contributed by atoms with Gasteiger partial charge in [-0.25, -0.2) is 0 Å². The monoisotopic (exact) mass is 342 g/mol. The second-order valence-electron chi connectivity index (χ2n) is 7.09. The van der Waals surface area contributed by atoms with Crippen molar-refractivity contribution in [3.63, 3.8) is 0 Å². The largest absolute Gasteiger partial charge is 0.122 e. The van der Waals surface area contributed by atoms with E-state index >= 15 is 0 Å². The Balaban J connectivity index is 2.06. The Bertz CT molecular complexity index is 597. The van der Waals surface area contributed by atoms with Gasteiger partial charge in [0.05, 0.1) is 0 Å². The zero-order valence-electron chi connectivity index (χ0n) is 15.6. The second-order valence-corrected chi connectivity index (χ2v) is 7.36. The first-order chi connectivity index (χ1) is 11.6. The number of benzene rings is 2. The standard InChI is InChI=1S/C23H31Cl/c1-5-17(3)21-11-13-22(14-12-21)18(4)15-20(6-2)23-9-7-19(16-24)8-10-23/h7-14,17-18,20H,5-6,15-16H2,1-4H3. The molecule has 0 aromatic heterocycles. The van der Waals surface area contributed by atoms with Crippen LogP contribution in [0.15, 0.2) is 48.5 Å². The molecule has 2 aromatic rings. The molecule has 0 heterocycles. The molecule has 3 atom stereocenters. The Morgan fingerprint density at radius 3 is 1.67 bits per heavy atom. The Labute approximate surface area is 153 Å². The van der Waals surface area contributed by atoms with Crippen LogP contribution in [0.2, 0.25) is 0 Å². The van der Waals surface area contributed by atoms with Gasteiger partial charge in [0.1, 0.15) is 0 Å². The highest BCUT2D eigenvalue weighted by molar-refractivity contribution is 6.17. The maximum atomic E-state index is 5.90. The van der Waals surface area contributed by atoms with Gasteiger partial charge in [0.2, 0.25) is 0 Å². The van der Waals surface area contributed by atoms with Crippen LogP contribution in [0.3, 0.4) is 0 Å². The summed E-state index contributed by atoms with van der Waals surface area (Å²) >= 11 is 5.90. The summed E-state index contributed by atoms with van der Waals surface area (Å²) in [6.07, 6.45) is 3.57. The highest BCUT2D eigenvalue weighted by atomic mass is 35.5. The van der Waals surface area contributed by atoms with Gasteiger partial charge in [-0.1, -0.05) is 76.2 Å². The third-order valence-electron chi connectivity index (χ3n) is 5.42. The molecule has 3 unspecified atom stereocenters. The molecule has 0 aliphatic rings. The molecule has 0 saturated carbocycles. The molecule has 0 fully saturated rings. The first-order valence-corrected chi connectivity index (χ1v) is 9.87. The van der Waals surface area contributed by atoms with Gasteiger partial charge in [0.25, 0.3) is 0 Å². The zero-order valence-corrected chi connectivity index (χ0v) is 16.3. The van der Waals surface area contributed by atoms with Crippen LogP contribution in [0.25, 0.3) is 0 Å². The molecule has 0 radical (unpaired) electrons. The van der Waals surface area contributed by atoms with E-state index in [2.05, 4.69) is 76.2 Å². The molecule has 0 spiro atoms. The summed E-state index contributed by atoms with van der Waals surface area (Å²) in [4.78, 5) is 0. The van der Waals surface area contributed by atoms with Gasteiger partial charge in [-0.2, -0.15) is 0 Å². The van der Waals surface area contributed by atoms with E-state index in [4.69, 9.17) is 11.6 Å². The number of hydrogen-bond acceptors (Lipinski definition) is 0. The quantitative estimate of drug-likeness (QED) is 0.432. The SMILES string of the molecule is CCC(C)c1ccc(C(C)CC(CC)c2ccc(CCl)cc2)cc1. The van der Waals surface area contributed by atoms with Crippen molar-refractivity contribution in [2.24, 2.45) is 0 Å². The number of alkyl halides is 1. The summed E-state index contributed by atoms with van der Waals surface area (Å²) < 4.78 is 0. The van der Waals surface area contributed by atoms with Crippen LogP contribution in [-0.4, -0.2) is 0 Å². The summed E-state index contributed by atoms with van der Waals surface area (Å²) in [5.74, 6) is 2.43. The Morgan fingerprint density at radius 2 is 1.21 bits per heavy atom. The molecule has 2 rings (SSSR count). The van der Waals surface area contributed by atoms with Crippen LogP contribution in [0.1, 0.15) is 87.0 Å². The number of rotatable bonds is 8. The van der Waals surface area contributed by atoms with E-state index in [1.54, 1.807) is 0 Å². The third-order valence-corrected chi connectivity index (χ3v) is 5.73. The predicted octanol–water partition coefficient (Wildman–Crippen LogP) is 7.63. The molecule has 2 aromatic carbocycles. The molecule has 130 valence electrons. The highest BCUT2D eigenvalue weighted by Crippen LogP contribution is 2.33. The van der Waals surface area contributed by atoms with Crippen molar-refractivity contribution in [3.8, 4) is 0 Å². The van der Waals surface area contributed by atoms with Gasteiger partial charge in [-0.3, -0.25) is 0 Å². The lowest BCUT2D eigenvalue weighted by molar-refractivity contribution is 0.544. The van der Waals surface area contributed by atoms with E-state index in [9.17, 15) is 0 Å². The van der Waals surface area contributed by atoms with E-state index in [0.717, 1.165) is 0 Å². The molecular weight excluding hydrogens is 312 g/mol. The summed E-state index contributed by atoms with van der Waals surface area (Å²) in [7, 11) is 0. The highest BCUT2D eigenvalue weighted by Gasteiger charge is 2.15. The molecule has 0 N–H and O–H groups in total. The Kier molecular flexibility index (Phi) is 7.37. The van der Waals surface area contributed by atoms with Crippen LogP contribution in [-0.2, 0) is 5.88 Å². The summed E-state index contributed by atoms with van der Waals surface area (Å²) in [6.45, 7) is 9.20. The lowest BCUT2D eigenvalue weighted by atomic mass is 9.84. The first-order valence-electron chi connectivity index (χ1n) is 9.33. The van der Waals surface area contributed by atoms with Crippen LogP contribution < -0.4 is 0 Å². The van der Waals surface area contributed by atoms with Gasteiger partial charge in [-0.05, 0) is 59.3 Å². The van der Waals surface area contributed by atoms with Gasteiger partial charge < -0.3 is 0 Å². The molecule has 24 heavy (non-hydrogen) atoms. The van der Waals surface area contributed by atoms with Crippen molar-refractivity contribution >= 4 is 11.6 Å². The van der Waals surface area contributed by atoms with Crippen molar-refractivity contribution in [3.05, 3.63) is 70.8 Å². The molecule has 0 aliphatic carbocycles. The third kappa shape index (κ3) is 4.86. The minimum Gasteiger partial charge on any atom is -0.122 e. The smallest absolute Gasteiger partial charge is 0.0474 e. The summed E-state index contributed by atoms with van der Waals surface area (Å²) in [5, 5.41) is 0. The van der Waals surface area contributed by atoms with Crippen LogP contribution >= 0.6 is 11.6 Å². The predicted molar refractivity (Wildman–Crippen MR) is 107 cm³/mol. The fourth-order valence-electron chi connectivity index (χ4n) is 3.37. The van der Waals surface area contributed by atoms with Crippen molar-refractivity contribution < 1.29 is 0 Å². The first kappa shape index (κ1) is 19.1. The van der Waals surface area contributed by atoms with E-state index < -0.39 is 0 Å². The van der Waals surface area contributed by atoms with Crippen molar-refractivity contribution in [2.45, 2.75) is 70.6 Å². The van der Waals surface area contributed by atoms with Gasteiger partial charge in [0.15, 0.2) is 0 Å². The molecule has 0 bridgehead atoms. The average Bonchev–Trinajstić information content (AvgIpc) is 2.65. The van der Waals surface area contributed by atoms with Crippen molar-refractivity contribution in [2.75, 3.05) is 0 Å². The molecular formula is C23H31Cl. The van der Waals surface area contributed by atoms with Gasteiger partial charge in [0, 0.05) is 5.88 Å². The lowest BCUT2D eigenvalue weighted by Gasteiger charge is -2.21. The van der Waals surface area contributed by atoms with Gasteiger partial charge >= 0.3 is 0 Å². The van der Waals surface area contributed by atoms with Gasteiger partial charge in [-0.15, -0.1) is 11.6 Å². The normalized spacial score (nSPS) is 15.0. The van der Waals surface area contributed by atoms with Crippen molar-refractivity contribution in [1.29, 1.82) is 0 Å². The summed E-state index contributed by atoms with van der Waals surface area (Å²) in [5.41, 5.74) is 5.55. The molecule has 0 amide bonds. The van der Waals surface area contributed by atoms with E-state index in [1.807, 2.05) is 0 Å². The topological polar surface area (TPSA) is 0 Å². The van der Waals surface area contributed by atoms with E-state index in [1.165, 1.54) is 41.5 Å². The van der Waals surface area contributed by atoms with Crippen LogP contribution in [0.5, 0.6) is 0 Å². The summed E-state index contributed by atoms with van der Waals surface area (Å²) in [6, 6.07) is 18.1. The molecule has 0 aliphatic heterocycles. The second kappa shape index (κ2) is 9.28. The minimum atomic E-state index is 0.577. The Morgan fingerprint density at radius 1 is 0.708 bits per heavy atom. The van der Waals surface area contributed by atoms with Crippen molar-refractivity contribution in [1.82, 2.24) is 0 Å². The fraction of sp³-hybridized carbons (Fsp3) is 0.478. The molecule has 1 heteroatoms. The molecule has 0 nitrogen and oxygen atoms in total. The number of halogens is 1. The fourth-order valence-corrected chi connectivity index (χ4v) is 3.55. The maximum absolute atomic E-state index is 5.90. The lowest BCUT2D eigenvalue weighted by Crippen LogP contribution is -2.04. The van der Waals surface area contributed by atoms with E-state index in [0.29, 0.717) is 23.6 Å². The van der Waals surface area contributed by atoms with Crippen LogP contribution in [0.4, 0.5) is 0 Å². The Hall–Kier alpha value is -1.27. The van der Waals surface area contributed by atoms with E-state index in [-0.39, 0.29) is 0 Å².